The van der Waals surface area contributed by atoms with E-state index in [2.05, 4.69) is 10.3 Å². The lowest BCUT2D eigenvalue weighted by atomic mass is 10.1. The van der Waals surface area contributed by atoms with Crippen molar-refractivity contribution in [3.8, 4) is 5.75 Å². The van der Waals surface area contributed by atoms with Gasteiger partial charge in [0.25, 0.3) is 0 Å². The Bertz CT molecular complexity index is 1200. The quantitative estimate of drug-likeness (QED) is 0.647. The Balaban J connectivity index is 1.61. The van der Waals surface area contributed by atoms with Crippen LogP contribution in [0.2, 0.25) is 5.02 Å². The number of aromatic nitrogens is 1. The fourth-order valence-corrected chi connectivity index (χ4v) is 5.52. The maximum atomic E-state index is 13.1. The molecule has 30 heavy (non-hydrogen) atoms. The topological polar surface area (TPSA) is 88.6 Å². The number of sulfonamides is 1. The number of halogens is 1. The van der Waals surface area contributed by atoms with E-state index >= 15 is 0 Å². The molecule has 1 fully saturated rings. The average Bonchev–Trinajstić information content (AvgIpc) is 3.25. The number of fused-ring (bicyclic) bond motifs is 1. The van der Waals surface area contributed by atoms with E-state index in [4.69, 9.17) is 16.3 Å². The molecule has 1 saturated heterocycles. The van der Waals surface area contributed by atoms with E-state index in [-0.39, 0.29) is 11.4 Å². The number of ether oxygens (including phenoxy) is 1. The second-order valence-electron chi connectivity index (χ2n) is 6.97. The van der Waals surface area contributed by atoms with Gasteiger partial charge in [-0.25, -0.2) is 8.42 Å². The molecule has 1 aliphatic rings. The predicted molar refractivity (Wildman–Crippen MR) is 115 cm³/mol. The minimum Gasteiger partial charge on any atom is -0.497 e. The Hall–Kier alpha value is -2.68. The van der Waals surface area contributed by atoms with Gasteiger partial charge in [-0.2, -0.15) is 4.31 Å². The molecule has 156 valence electrons. The summed E-state index contributed by atoms with van der Waals surface area (Å²) in [6, 6.07) is 12.3. The maximum Gasteiger partial charge on any atom is 0.243 e. The third-order valence-electron chi connectivity index (χ3n) is 5.10. The third-order valence-corrected chi connectivity index (χ3v) is 7.24. The zero-order valence-electron chi connectivity index (χ0n) is 16.2. The Morgan fingerprint density at radius 2 is 2.00 bits per heavy atom. The van der Waals surface area contributed by atoms with Gasteiger partial charge >= 0.3 is 0 Å². The van der Waals surface area contributed by atoms with Gasteiger partial charge in [0.15, 0.2) is 0 Å². The molecule has 2 heterocycles. The largest absolute Gasteiger partial charge is 0.497 e. The summed E-state index contributed by atoms with van der Waals surface area (Å²) in [4.78, 5) is 17.5. The first kappa shape index (κ1) is 20.6. The van der Waals surface area contributed by atoms with Gasteiger partial charge in [-0.3, -0.25) is 9.78 Å². The van der Waals surface area contributed by atoms with E-state index in [0.29, 0.717) is 34.8 Å². The molecule has 1 N–H and O–H groups in total. The molecule has 4 rings (SSSR count). The van der Waals surface area contributed by atoms with Gasteiger partial charge in [0.2, 0.25) is 15.9 Å². The summed E-state index contributed by atoms with van der Waals surface area (Å²) in [5.74, 6) is 0.156. The molecule has 2 aromatic carbocycles. The SMILES string of the molecule is COc1ccc(S(=O)(=O)N2CCC[C@H]2C(=O)Nc2cc(Cl)cc3cccnc23)cc1. The van der Waals surface area contributed by atoms with Crippen LogP contribution in [0.3, 0.4) is 0 Å². The van der Waals surface area contributed by atoms with Crippen LogP contribution in [0, 0.1) is 0 Å². The predicted octanol–water partition coefficient (Wildman–Crippen LogP) is 3.69. The van der Waals surface area contributed by atoms with Crippen LogP contribution >= 0.6 is 11.6 Å². The fourth-order valence-electron chi connectivity index (χ4n) is 3.64. The van der Waals surface area contributed by atoms with Gasteiger partial charge in [0.05, 0.1) is 23.2 Å². The van der Waals surface area contributed by atoms with E-state index in [0.717, 1.165) is 5.39 Å². The lowest BCUT2D eigenvalue weighted by Crippen LogP contribution is -2.43. The second kappa shape index (κ2) is 8.22. The van der Waals surface area contributed by atoms with Crippen LogP contribution in [0.5, 0.6) is 5.75 Å². The first-order valence-corrected chi connectivity index (χ1v) is 11.2. The van der Waals surface area contributed by atoms with Crippen molar-refractivity contribution < 1.29 is 17.9 Å². The first-order valence-electron chi connectivity index (χ1n) is 9.41. The summed E-state index contributed by atoms with van der Waals surface area (Å²) >= 11 is 6.18. The van der Waals surface area contributed by atoms with Gasteiger partial charge in [0, 0.05) is 23.2 Å². The summed E-state index contributed by atoms with van der Waals surface area (Å²) < 4.78 is 32.6. The summed E-state index contributed by atoms with van der Waals surface area (Å²) in [5, 5.41) is 4.07. The van der Waals surface area contributed by atoms with E-state index in [1.54, 1.807) is 36.5 Å². The number of hydrogen-bond donors (Lipinski definition) is 1. The molecule has 1 atom stereocenters. The van der Waals surface area contributed by atoms with Crippen molar-refractivity contribution >= 4 is 44.1 Å². The molecule has 1 aliphatic heterocycles. The summed E-state index contributed by atoms with van der Waals surface area (Å²) in [7, 11) is -2.31. The maximum absolute atomic E-state index is 13.1. The number of nitrogens with one attached hydrogen (secondary N) is 1. The lowest BCUT2D eigenvalue weighted by Gasteiger charge is -2.23. The molecule has 9 heteroatoms. The van der Waals surface area contributed by atoms with Crippen molar-refractivity contribution in [2.24, 2.45) is 0 Å². The van der Waals surface area contributed by atoms with Gasteiger partial charge in [-0.05, 0) is 55.3 Å². The molecular formula is C21H20ClN3O4S. The number of carbonyl (C=O) groups excluding carboxylic acids is 1. The molecule has 0 bridgehead atoms. The minimum atomic E-state index is -3.83. The Kier molecular flexibility index (Phi) is 5.64. The highest BCUT2D eigenvalue weighted by Crippen LogP contribution is 2.30. The minimum absolute atomic E-state index is 0.123. The molecule has 0 saturated carbocycles. The van der Waals surface area contributed by atoms with Gasteiger partial charge in [-0.1, -0.05) is 17.7 Å². The molecule has 0 spiro atoms. The van der Waals surface area contributed by atoms with Gasteiger partial charge in [-0.15, -0.1) is 0 Å². The zero-order valence-corrected chi connectivity index (χ0v) is 17.8. The number of nitrogens with zero attached hydrogens (tertiary/aromatic N) is 2. The molecular weight excluding hydrogens is 426 g/mol. The number of anilines is 1. The Labute approximate surface area is 179 Å². The van der Waals surface area contributed by atoms with Crippen LogP contribution in [0.25, 0.3) is 10.9 Å². The number of pyridine rings is 1. The number of methoxy groups -OCH3 is 1. The summed E-state index contributed by atoms with van der Waals surface area (Å²) in [6.45, 7) is 0.279. The number of hydrogen-bond acceptors (Lipinski definition) is 5. The number of rotatable bonds is 5. The number of amides is 1. The van der Waals surface area contributed by atoms with Crippen LogP contribution in [-0.2, 0) is 14.8 Å². The highest BCUT2D eigenvalue weighted by atomic mass is 35.5. The van der Waals surface area contributed by atoms with Crippen molar-refractivity contribution in [1.82, 2.24) is 9.29 Å². The van der Waals surface area contributed by atoms with E-state index in [1.807, 2.05) is 6.07 Å². The average molecular weight is 446 g/mol. The third kappa shape index (κ3) is 3.86. The molecule has 0 aliphatic carbocycles. The van der Waals surface area contributed by atoms with Crippen molar-refractivity contribution in [2.75, 3.05) is 19.0 Å². The van der Waals surface area contributed by atoms with Gasteiger partial charge in [0.1, 0.15) is 11.8 Å². The van der Waals surface area contributed by atoms with Crippen LogP contribution < -0.4 is 10.1 Å². The summed E-state index contributed by atoms with van der Waals surface area (Å²) in [6.07, 6.45) is 2.66. The first-order chi connectivity index (χ1) is 14.4. The lowest BCUT2D eigenvalue weighted by molar-refractivity contribution is -0.119. The molecule has 0 unspecified atom stereocenters. The van der Waals surface area contributed by atoms with Crippen LogP contribution in [-0.4, -0.2) is 43.3 Å². The van der Waals surface area contributed by atoms with E-state index in [1.165, 1.54) is 23.5 Å². The van der Waals surface area contributed by atoms with Crippen LogP contribution in [0.15, 0.2) is 59.6 Å². The van der Waals surface area contributed by atoms with Crippen molar-refractivity contribution in [3.63, 3.8) is 0 Å². The van der Waals surface area contributed by atoms with Crippen LogP contribution in [0.1, 0.15) is 12.8 Å². The smallest absolute Gasteiger partial charge is 0.243 e. The molecule has 3 aromatic rings. The van der Waals surface area contributed by atoms with Gasteiger partial charge < -0.3 is 10.1 Å². The monoisotopic (exact) mass is 445 g/mol. The molecule has 1 aromatic heterocycles. The van der Waals surface area contributed by atoms with Crippen molar-refractivity contribution in [3.05, 3.63) is 59.8 Å². The van der Waals surface area contributed by atoms with E-state index in [9.17, 15) is 13.2 Å². The standard InChI is InChI=1S/C21H20ClN3O4S/c1-29-16-6-8-17(9-7-16)30(27,28)25-11-3-5-19(25)21(26)24-18-13-15(22)12-14-4-2-10-23-20(14)18/h2,4,6-10,12-13,19H,3,5,11H2,1H3,(H,24,26)/t19-/m0/s1. The molecule has 7 nitrogen and oxygen atoms in total. The van der Waals surface area contributed by atoms with Crippen molar-refractivity contribution in [2.45, 2.75) is 23.8 Å². The highest BCUT2D eigenvalue weighted by Gasteiger charge is 2.39. The molecule has 0 radical (unpaired) electrons. The summed E-state index contributed by atoms with van der Waals surface area (Å²) in [5.41, 5.74) is 1.05. The zero-order chi connectivity index (χ0) is 21.3. The second-order valence-corrected chi connectivity index (χ2v) is 9.29. The highest BCUT2D eigenvalue weighted by molar-refractivity contribution is 7.89. The number of benzene rings is 2. The normalized spacial score (nSPS) is 17.2. The number of carbonyl (C=O) groups is 1. The Morgan fingerprint density at radius 3 is 2.73 bits per heavy atom. The van der Waals surface area contributed by atoms with E-state index < -0.39 is 22.0 Å². The van der Waals surface area contributed by atoms with Crippen LogP contribution in [0.4, 0.5) is 5.69 Å². The fraction of sp³-hybridized carbons (Fsp3) is 0.238. The Morgan fingerprint density at radius 1 is 1.23 bits per heavy atom. The van der Waals surface area contributed by atoms with Crippen molar-refractivity contribution in [1.29, 1.82) is 0 Å². The molecule has 1 amide bonds.